The molecule has 0 radical (unpaired) electrons. The summed E-state index contributed by atoms with van der Waals surface area (Å²) in [5.41, 5.74) is 0. The average Bonchev–Trinajstić information content (AvgIpc) is 0.906. The molecule has 0 heterocycles. The van der Waals surface area contributed by atoms with Gasteiger partial charge in [-0.3, -0.25) is 37.3 Å². The van der Waals surface area contributed by atoms with Gasteiger partial charge in [0.15, 0.2) is 12.2 Å². The number of rotatable bonds is 79. The average molecular weight is 1580 g/mol. The summed E-state index contributed by atoms with van der Waals surface area (Å²) in [4.78, 5) is 73.3. The van der Waals surface area contributed by atoms with E-state index in [4.69, 9.17) is 37.0 Å². The highest BCUT2D eigenvalue weighted by molar-refractivity contribution is 7.47. The van der Waals surface area contributed by atoms with Crippen LogP contribution in [0.5, 0.6) is 0 Å². The van der Waals surface area contributed by atoms with Gasteiger partial charge < -0.3 is 33.8 Å². The van der Waals surface area contributed by atoms with E-state index in [1.807, 2.05) is 18.2 Å². The quantitative estimate of drug-likeness (QED) is 0.0169. The van der Waals surface area contributed by atoms with Crippen LogP contribution in [-0.2, 0) is 65.4 Å². The molecule has 0 aliphatic carbocycles. The second-order valence-electron chi connectivity index (χ2n) is 28.0. The lowest BCUT2D eigenvalue weighted by Gasteiger charge is -2.21. The van der Waals surface area contributed by atoms with Crippen molar-refractivity contribution in [3.63, 3.8) is 0 Å². The highest BCUT2D eigenvalue weighted by atomic mass is 31.2. The van der Waals surface area contributed by atoms with E-state index in [1.54, 1.807) is 0 Å². The molecule has 0 aromatic heterocycles. The van der Waals surface area contributed by atoms with Gasteiger partial charge in [-0.25, -0.2) is 9.13 Å². The Morgan fingerprint density at radius 3 is 0.782 bits per heavy atom. The molecule has 19 heteroatoms. The monoisotopic (exact) mass is 1580 g/mol. The number of allylic oxidation sites excluding steroid dienone is 26. The molecule has 17 nitrogen and oxygen atoms in total. The Morgan fingerprint density at radius 2 is 0.491 bits per heavy atom. The van der Waals surface area contributed by atoms with Crippen LogP contribution in [0, 0.1) is 0 Å². The van der Waals surface area contributed by atoms with E-state index < -0.39 is 97.5 Å². The van der Waals surface area contributed by atoms with Crippen LogP contribution in [0.3, 0.4) is 0 Å². The molecule has 5 unspecified atom stereocenters. The maximum atomic E-state index is 13.1. The minimum absolute atomic E-state index is 0.0297. The number of carbonyl (C=O) groups excluding carboxylic acids is 4. The van der Waals surface area contributed by atoms with Gasteiger partial charge in [0.2, 0.25) is 0 Å². The molecule has 0 saturated carbocycles. The van der Waals surface area contributed by atoms with Crippen LogP contribution in [0.15, 0.2) is 158 Å². The molecule has 0 aromatic carbocycles. The fourth-order valence-electron chi connectivity index (χ4n) is 11.1. The number of phosphoric acid groups is 2. The molecule has 0 saturated heterocycles. The first-order valence-corrected chi connectivity index (χ1v) is 45.7. The SMILES string of the molecule is CC/C=C\C/C=C\C/C=C\C/C=C\C/C=C\C/C=C\CCC(=O)OCC(COP(=O)(O)OCC(O)COP(=O)(O)OCC(COC(=O)CCCCCCCC/C=C\C/C=C\C/C=C\C/C=C\CC)OC(=O)CCCCCCCCCCCCCCCCC)OC(=O)CCCCCCCCC/C=C\C/C=C\C/C=C\CC. The molecular weight excluding hydrogens is 1430 g/mol. The van der Waals surface area contributed by atoms with Crippen LogP contribution in [0.1, 0.15) is 336 Å². The second-order valence-corrected chi connectivity index (χ2v) is 30.9. The zero-order chi connectivity index (χ0) is 80.3. The van der Waals surface area contributed by atoms with Crippen LogP contribution in [-0.4, -0.2) is 96.7 Å². The van der Waals surface area contributed by atoms with Gasteiger partial charge in [-0.05, 0) is 135 Å². The van der Waals surface area contributed by atoms with Gasteiger partial charge in [0.05, 0.1) is 26.4 Å². The number of unbranched alkanes of at least 4 members (excludes halogenated alkanes) is 27. The number of aliphatic hydroxyl groups excluding tert-OH is 1. The Balaban J connectivity index is 5.45. The molecule has 0 bridgehead atoms. The van der Waals surface area contributed by atoms with Gasteiger partial charge in [-0.1, -0.05) is 333 Å². The molecule has 0 spiro atoms. The summed E-state index contributed by atoms with van der Waals surface area (Å²) in [6.45, 7) is 4.47. The smallest absolute Gasteiger partial charge is 0.462 e. The van der Waals surface area contributed by atoms with Gasteiger partial charge in [-0.15, -0.1) is 0 Å². The van der Waals surface area contributed by atoms with Gasteiger partial charge in [0.25, 0.3) is 0 Å². The number of hydrogen-bond acceptors (Lipinski definition) is 15. The summed E-state index contributed by atoms with van der Waals surface area (Å²) >= 11 is 0. The first-order chi connectivity index (χ1) is 53.7. The summed E-state index contributed by atoms with van der Waals surface area (Å²) in [6, 6.07) is 0. The summed E-state index contributed by atoms with van der Waals surface area (Å²) < 4.78 is 68.8. The Labute approximate surface area is 668 Å². The number of carbonyl (C=O) groups is 4. The third kappa shape index (κ3) is 80.7. The lowest BCUT2D eigenvalue weighted by atomic mass is 10.0. The number of esters is 4. The minimum Gasteiger partial charge on any atom is -0.462 e. The van der Waals surface area contributed by atoms with E-state index in [1.165, 1.54) is 64.2 Å². The maximum Gasteiger partial charge on any atom is 0.472 e. The minimum atomic E-state index is -5.01. The number of aliphatic hydroxyl groups is 1. The van der Waals surface area contributed by atoms with Crippen LogP contribution >= 0.6 is 15.6 Å². The summed E-state index contributed by atoms with van der Waals surface area (Å²) in [6.07, 6.45) is 96.4. The van der Waals surface area contributed by atoms with Crippen LogP contribution in [0.25, 0.3) is 0 Å². The highest BCUT2D eigenvalue weighted by Gasteiger charge is 2.30. The van der Waals surface area contributed by atoms with Crippen LogP contribution < -0.4 is 0 Å². The summed E-state index contributed by atoms with van der Waals surface area (Å²) in [5, 5.41) is 10.7. The van der Waals surface area contributed by atoms with Crippen molar-refractivity contribution >= 4 is 39.5 Å². The van der Waals surface area contributed by atoms with Crippen molar-refractivity contribution in [2.75, 3.05) is 39.6 Å². The topological polar surface area (TPSA) is 237 Å². The Hall–Kier alpha value is -5.32. The molecule has 0 rings (SSSR count). The Bertz CT molecular complexity index is 2700. The first-order valence-electron chi connectivity index (χ1n) is 42.7. The molecule has 3 N–H and O–H groups in total. The zero-order valence-electron chi connectivity index (χ0n) is 68.9. The molecule has 628 valence electrons. The largest absolute Gasteiger partial charge is 0.472 e. The predicted octanol–water partition coefficient (Wildman–Crippen LogP) is 25.6. The third-order valence-electron chi connectivity index (χ3n) is 17.5. The highest BCUT2D eigenvalue weighted by Crippen LogP contribution is 2.45. The molecule has 0 fully saturated rings. The summed E-state index contributed by atoms with van der Waals surface area (Å²) in [7, 11) is -10.0. The van der Waals surface area contributed by atoms with E-state index in [0.29, 0.717) is 32.1 Å². The van der Waals surface area contributed by atoms with Crippen LogP contribution in [0.4, 0.5) is 0 Å². The van der Waals surface area contributed by atoms with Crippen molar-refractivity contribution in [2.45, 2.75) is 354 Å². The standard InChI is InChI=1S/C91H152O17P2/c1-5-9-13-17-21-25-29-33-37-40-42-45-48-51-55-59-63-67-71-75-88(93)101-81-86(107-90(95)77-73-69-65-61-57-53-47-36-32-28-24-20-16-12-8-4)83-105-109(97,98)103-79-85(92)80-104-110(99,100)106-84-87(108-91(96)78-74-70-66-62-58-54-50-44-39-35-31-27-23-19-15-11-7-3)82-102-89(94)76-72-68-64-60-56-52-49-46-43-41-38-34-30-26-22-18-14-10-6-2/h9-11,13-15,21-23,25-27,33-35,37-39,42-43,45-46,52,56,64,68,85-87,92H,5-8,12,16-20,24,28-32,36,40-41,44,47-51,53-55,57-63,65-67,69-84H2,1-4H3,(H,97,98)(H,99,100)/b13-9-,14-10-,15-11-,25-21-,26-22-,27-23-,37-33-,38-34-,39-35-,45-42-,46-43-,56-52-,68-64-. The van der Waals surface area contributed by atoms with E-state index in [9.17, 15) is 43.2 Å². The van der Waals surface area contributed by atoms with Crippen molar-refractivity contribution in [1.82, 2.24) is 0 Å². The van der Waals surface area contributed by atoms with Gasteiger partial charge in [-0.2, -0.15) is 0 Å². The second kappa shape index (κ2) is 81.7. The van der Waals surface area contributed by atoms with Crippen molar-refractivity contribution in [3.05, 3.63) is 158 Å². The maximum absolute atomic E-state index is 13.1. The molecule has 0 aliphatic rings. The first kappa shape index (κ1) is 105. The fraction of sp³-hybridized carbons (Fsp3) is 0.670. The summed E-state index contributed by atoms with van der Waals surface area (Å²) in [5.74, 6) is -2.29. The van der Waals surface area contributed by atoms with E-state index >= 15 is 0 Å². The number of phosphoric ester groups is 2. The van der Waals surface area contributed by atoms with E-state index in [-0.39, 0.29) is 25.7 Å². The molecular formula is C91H152O17P2. The van der Waals surface area contributed by atoms with E-state index in [2.05, 4.69) is 167 Å². The third-order valence-corrected chi connectivity index (χ3v) is 19.4. The van der Waals surface area contributed by atoms with Crippen molar-refractivity contribution < 1.29 is 80.2 Å². The lowest BCUT2D eigenvalue weighted by molar-refractivity contribution is -0.161. The fourth-order valence-corrected chi connectivity index (χ4v) is 12.7. The molecule has 0 aliphatic heterocycles. The Kier molecular flexibility index (Phi) is 77.7. The zero-order valence-corrected chi connectivity index (χ0v) is 70.7. The molecule has 0 amide bonds. The molecule has 0 aromatic rings. The molecule has 110 heavy (non-hydrogen) atoms. The van der Waals surface area contributed by atoms with Gasteiger partial charge in [0, 0.05) is 25.7 Å². The Morgan fingerprint density at radius 1 is 0.264 bits per heavy atom. The van der Waals surface area contributed by atoms with E-state index in [0.717, 1.165) is 186 Å². The van der Waals surface area contributed by atoms with Crippen molar-refractivity contribution in [3.8, 4) is 0 Å². The van der Waals surface area contributed by atoms with Crippen molar-refractivity contribution in [1.29, 1.82) is 0 Å². The van der Waals surface area contributed by atoms with Gasteiger partial charge >= 0.3 is 39.5 Å². The number of ether oxygens (including phenoxy) is 4. The van der Waals surface area contributed by atoms with Gasteiger partial charge in [0.1, 0.15) is 19.3 Å². The molecule has 5 atom stereocenters. The van der Waals surface area contributed by atoms with Crippen LogP contribution in [0.2, 0.25) is 0 Å². The normalized spacial score (nSPS) is 14.6. The lowest BCUT2D eigenvalue weighted by Crippen LogP contribution is -2.30. The van der Waals surface area contributed by atoms with Crippen molar-refractivity contribution in [2.24, 2.45) is 0 Å². The predicted molar refractivity (Wildman–Crippen MR) is 454 cm³/mol. The number of hydrogen-bond donors (Lipinski definition) is 3.